The number of nitrogens with zero attached hydrogens (tertiary/aromatic N) is 1. The van der Waals surface area contributed by atoms with Crippen molar-refractivity contribution >= 4 is 5.97 Å². The molecule has 0 aromatic carbocycles. The minimum Gasteiger partial charge on any atom is -0.481 e. The molecule has 74 valence electrons. The van der Waals surface area contributed by atoms with Crippen LogP contribution in [0.25, 0.3) is 0 Å². The molecule has 0 saturated heterocycles. The van der Waals surface area contributed by atoms with Crippen LogP contribution in [0.15, 0.2) is 18.3 Å². The SMILES string of the molecule is O=C(O)C1(c2ccc(F)nc2)CCC1. The van der Waals surface area contributed by atoms with Crippen LogP contribution in [0, 0.1) is 5.95 Å². The number of carbonyl (C=O) groups is 1. The maximum Gasteiger partial charge on any atom is 0.314 e. The van der Waals surface area contributed by atoms with E-state index in [1.165, 1.54) is 18.3 Å². The van der Waals surface area contributed by atoms with Gasteiger partial charge in [0.15, 0.2) is 0 Å². The van der Waals surface area contributed by atoms with Crippen molar-refractivity contribution in [3.63, 3.8) is 0 Å². The van der Waals surface area contributed by atoms with Gasteiger partial charge in [-0.2, -0.15) is 4.39 Å². The molecular formula is C10H10FNO2. The van der Waals surface area contributed by atoms with E-state index in [1.807, 2.05) is 0 Å². The van der Waals surface area contributed by atoms with Gasteiger partial charge in [0.25, 0.3) is 0 Å². The van der Waals surface area contributed by atoms with Gasteiger partial charge in [0.05, 0.1) is 5.41 Å². The number of aromatic nitrogens is 1. The normalized spacial score (nSPS) is 18.6. The van der Waals surface area contributed by atoms with Crippen LogP contribution >= 0.6 is 0 Å². The van der Waals surface area contributed by atoms with Gasteiger partial charge in [0.1, 0.15) is 0 Å². The highest BCUT2D eigenvalue weighted by Gasteiger charge is 2.46. The molecule has 1 aromatic rings. The summed E-state index contributed by atoms with van der Waals surface area (Å²) < 4.78 is 12.5. The van der Waals surface area contributed by atoms with E-state index in [4.69, 9.17) is 5.11 Å². The van der Waals surface area contributed by atoms with Crippen molar-refractivity contribution in [2.75, 3.05) is 0 Å². The van der Waals surface area contributed by atoms with Crippen molar-refractivity contribution in [1.82, 2.24) is 4.98 Å². The molecule has 0 spiro atoms. The summed E-state index contributed by atoms with van der Waals surface area (Å²) in [6.07, 6.45) is 3.47. The first-order chi connectivity index (χ1) is 6.65. The lowest BCUT2D eigenvalue weighted by atomic mass is 9.65. The van der Waals surface area contributed by atoms with Gasteiger partial charge in [0.2, 0.25) is 5.95 Å². The Morgan fingerprint density at radius 1 is 1.50 bits per heavy atom. The number of carboxylic acids is 1. The van der Waals surface area contributed by atoms with Crippen molar-refractivity contribution < 1.29 is 14.3 Å². The number of halogens is 1. The third-order valence-electron chi connectivity index (χ3n) is 2.90. The van der Waals surface area contributed by atoms with Crippen molar-refractivity contribution in [3.05, 3.63) is 29.8 Å². The Morgan fingerprint density at radius 2 is 2.21 bits per heavy atom. The first-order valence-corrected chi connectivity index (χ1v) is 4.50. The summed E-state index contributed by atoms with van der Waals surface area (Å²) in [5.74, 6) is -1.41. The molecule has 1 aromatic heterocycles. The van der Waals surface area contributed by atoms with Gasteiger partial charge in [-0.25, -0.2) is 4.98 Å². The van der Waals surface area contributed by atoms with Crippen molar-refractivity contribution in [3.8, 4) is 0 Å². The Hall–Kier alpha value is -1.45. The highest BCUT2D eigenvalue weighted by atomic mass is 19.1. The third-order valence-corrected chi connectivity index (χ3v) is 2.90. The molecule has 1 heterocycles. The molecule has 0 atom stereocenters. The van der Waals surface area contributed by atoms with Crippen LogP contribution in [0.3, 0.4) is 0 Å². The quantitative estimate of drug-likeness (QED) is 0.731. The van der Waals surface area contributed by atoms with Gasteiger partial charge < -0.3 is 5.11 Å². The minimum atomic E-state index is -0.836. The van der Waals surface area contributed by atoms with E-state index < -0.39 is 17.3 Å². The van der Waals surface area contributed by atoms with Crippen molar-refractivity contribution in [2.45, 2.75) is 24.7 Å². The van der Waals surface area contributed by atoms with Gasteiger partial charge >= 0.3 is 5.97 Å². The average molecular weight is 195 g/mol. The fourth-order valence-corrected chi connectivity index (χ4v) is 1.82. The molecular weight excluding hydrogens is 185 g/mol. The zero-order valence-electron chi connectivity index (χ0n) is 7.53. The Morgan fingerprint density at radius 3 is 2.57 bits per heavy atom. The number of carboxylic acid groups (broad SMARTS) is 1. The van der Waals surface area contributed by atoms with E-state index in [1.54, 1.807) is 0 Å². The number of hydrogen-bond acceptors (Lipinski definition) is 2. The zero-order chi connectivity index (χ0) is 10.2. The summed E-state index contributed by atoms with van der Waals surface area (Å²) in [5.41, 5.74) is -0.196. The number of pyridine rings is 1. The molecule has 3 nitrogen and oxygen atoms in total. The monoisotopic (exact) mass is 195 g/mol. The van der Waals surface area contributed by atoms with Crippen molar-refractivity contribution in [2.24, 2.45) is 0 Å². The van der Waals surface area contributed by atoms with Gasteiger partial charge in [0, 0.05) is 6.20 Å². The smallest absolute Gasteiger partial charge is 0.314 e. The van der Waals surface area contributed by atoms with E-state index in [2.05, 4.69) is 4.98 Å². The maximum absolute atomic E-state index is 12.5. The molecule has 1 N–H and O–H groups in total. The number of hydrogen-bond donors (Lipinski definition) is 1. The highest BCUT2D eigenvalue weighted by molar-refractivity contribution is 5.82. The van der Waals surface area contributed by atoms with E-state index in [0.717, 1.165) is 6.42 Å². The van der Waals surface area contributed by atoms with E-state index >= 15 is 0 Å². The van der Waals surface area contributed by atoms with Crippen LogP contribution < -0.4 is 0 Å². The molecule has 0 aliphatic heterocycles. The molecule has 0 amide bonds. The maximum atomic E-state index is 12.5. The fourth-order valence-electron chi connectivity index (χ4n) is 1.82. The molecule has 4 heteroatoms. The standard InChI is InChI=1S/C10H10FNO2/c11-8-3-2-7(6-12-8)10(9(13)14)4-1-5-10/h2-3,6H,1,4-5H2,(H,13,14). The van der Waals surface area contributed by atoms with E-state index in [0.29, 0.717) is 18.4 Å². The van der Waals surface area contributed by atoms with Gasteiger partial charge in [-0.3, -0.25) is 4.79 Å². The third kappa shape index (κ3) is 1.18. The molecule has 1 aliphatic carbocycles. The molecule has 1 fully saturated rings. The highest BCUT2D eigenvalue weighted by Crippen LogP contribution is 2.43. The second-order valence-corrected chi connectivity index (χ2v) is 3.61. The lowest BCUT2D eigenvalue weighted by Gasteiger charge is -2.37. The second-order valence-electron chi connectivity index (χ2n) is 3.61. The lowest BCUT2D eigenvalue weighted by molar-refractivity contribution is -0.147. The predicted octanol–water partition coefficient (Wildman–Crippen LogP) is 1.73. The number of aliphatic carboxylic acids is 1. The lowest BCUT2D eigenvalue weighted by Crippen LogP contribution is -2.42. The van der Waals surface area contributed by atoms with E-state index in [9.17, 15) is 9.18 Å². The topological polar surface area (TPSA) is 50.2 Å². The van der Waals surface area contributed by atoms with Crippen molar-refractivity contribution in [1.29, 1.82) is 0 Å². The first-order valence-electron chi connectivity index (χ1n) is 4.50. The molecule has 0 radical (unpaired) electrons. The van der Waals surface area contributed by atoms with Crippen LogP contribution in [0.1, 0.15) is 24.8 Å². The van der Waals surface area contributed by atoms with Crippen LogP contribution in [0.4, 0.5) is 4.39 Å². The summed E-state index contributed by atoms with van der Waals surface area (Å²) in [6, 6.07) is 2.72. The summed E-state index contributed by atoms with van der Waals surface area (Å²) >= 11 is 0. The van der Waals surface area contributed by atoms with Gasteiger partial charge in [-0.15, -0.1) is 0 Å². The molecule has 0 unspecified atom stereocenters. The Balaban J connectivity index is 2.37. The minimum absolute atomic E-state index is 0.575. The summed E-state index contributed by atoms with van der Waals surface area (Å²) in [4.78, 5) is 14.5. The Kier molecular flexibility index (Phi) is 1.98. The summed E-state index contributed by atoms with van der Waals surface area (Å²) in [6.45, 7) is 0. The molecule has 2 rings (SSSR count). The fraction of sp³-hybridized carbons (Fsp3) is 0.400. The average Bonchev–Trinajstić information content (AvgIpc) is 2.05. The van der Waals surface area contributed by atoms with Gasteiger partial charge in [-0.1, -0.05) is 12.5 Å². The largest absolute Gasteiger partial charge is 0.481 e. The molecule has 1 saturated carbocycles. The van der Waals surface area contributed by atoms with Gasteiger partial charge in [-0.05, 0) is 24.5 Å². The van der Waals surface area contributed by atoms with Crippen LogP contribution in [0.2, 0.25) is 0 Å². The van der Waals surface area contributed by atoms with Crippen LogP contribution in [-0.2, 0) is 10.2 Å². The number of rotatable bonds is 2. The second kappa shape index (κ2) is 3.04. The zero-order valence-corrected chi connectivity index (χ0v) is 7.53. The van der Waals surface area contributed by atoms with E-state index in [-0.39, 0.29) is 0 Å². The molecule has 1 aliphatic rings. The van der Waals surface area contributed by atoms with Crippen LogP contribution in [0.5, 0.6) is 0 Å². The van der Waals surface area contributed by atoms with Crippen LogP contribution in [-0.4, -0.2) is 16.1 Å². The summed E-state index contributed by atoms with van der Waals surface area (Å²) in [5, 5.41) is 9.08. The molecule has 14 heavy (non-hydrogen) atoms. The Labute approximate surface area is 80.6 Å². The summed E-state index contributed by atoms with van der Waals surface area (Å²) in [7, 11) is 0. The predicted molar refractivity (Wildman–Crippen MR) is 47.4 cm³/mol. The first kappa shape index (κ1) is 9.12. The Bertz CT molecular complexity index is 357. The molecule has 0 bridgehead atoms.